The number of carbonyl (C=O) groups is 1. The standard InChI is InChI=1S/C15H20N4O2/c1-11(2)16-15(20)12(3)19-9-13(17-18-19)10-21-14-7-5-4-6-8-14/h4-9,11-12H,10H2,1-3H3,(H,16,20)/t12-/m1/s1. The van der Waals surface area contributed by atoms with Crippen molar-refractivity contribution in [2.45, 2.75) is 39.5 Å². The first-order valence-electron chi connectivity index (χ1n) is 6.95. The summed E-state index contributed by atoms with van der Waals surface area (Å²) in [7, 11) is 0. The van der Waals surface area contributed by atoms with Gasteiger partial charge in [-0.15, -0.1) is 5.10 Å². The molecule has 0 saturated heterocycles. The van der Waals surface area contributed by atoms with Crippen LogP contribution in [0.4, 0.5) is 0 Å². The highest BCUT2D eigenvalue weighted by Gasteiger charge is 2.17. The Morgan fingerprint density at radius 3 is 2.67 bits per heavy atom. The monoisotopic (exact) mass is 288 g/mol. The van der Waals surface area contributed by atoms with Crippen LogP contribution in [-0.4, -0.2) is 26.9 Å². The van der Waals surface area contributed by atoms with Gasteiger partial charge in [0, 0.05) is 6.04 Å². The maximum Gasteiger partial charge on any atom is 0.244 e. The first-order valence-corrected chi connectivity index (χ1v) is 6.95. The number of hydrogen-bond acceptors (Lipinski definition) is 4. The van der Waals surface area contributed by atoms with Crippen molar-refractivity contribution in [1.82, 2.24) is 20.3 Å². The SMILES string of the molecule is CC(C)NC(=O)[C@@H](C)n1cc(COc2ccccc2)nn1. The summed E-state index contributed by atoms with van der Waals surface area (Å²) in [6.45, 7) is 5.95. The Labute approximate surface area is 124 Å². The topological polar surface area (TPSA) is 69.0 Å². The molecule has 1 aromatic carbocycles. The Kier molecular flexibility index (Phi) is 4.92. The van der Waals surface area contributed by atoms with E-state index in [1.165, 1.54) is 0 Å². The molecule has 0 aliphatic rings. The van der Waals surface area contributed by atoms with Crippen LogP contribution < -0.4 is 10.1 Å². The van der Waals surface area contributed by atoms with Gasteiger partial charge < -0.3 is 10.1 Å². The fourth-order valence-electron chi connectivity index (χ4n) is 1.77. The molecule has 6 nitrogen and oxygen atoms in total. The molecule has 2 aromatic rings. The molecule has 1 amide bonds. The molecule has 2 rings (SSSR count). The number of ether oxygens (including phenoxy) is 1. The van der Waals surface area contributed by atoms with Gasteiger partial charge in [-0.25, -0.2) is 4.68 Å². The Morgan fingerprint density at radius 1 is 1.29 bits per heavy atom. The van der Waals surface area contributed by atoms with Crippen molar-refractivity contribution in [3.05, 3.63) is 42.2 Å². The Bertz CT molecular complexity index is 580. The van der Waals surface area contributed by atoms with Crippen LogP contribution in [0.3, 0.4) is 0 Å². The van der Waals surface area contributed by atoms with Crippen LogP contribution in [0.15, 0.2) is 36.5 Å². The van der Waals surface area contributed by atoms with Gasteiger partial charge in [0.2, 0.25) is 5.91 Å². The number of para-hydroxylation sites is 1. The van der Waals surface area contributed by atoms with Gasteiger partial charge in [0.25, 0.3) is 0 Å². The molecule has 0 aliphatic carbocycles. The maximum absolute atomic E-state index is 11.9. The van der Waals surface area contributed by atoms with E-state index >= 15 is 0 Å². The molecular weight excluding hydrogens is 268 g/mol. The Balaban J connectivity index is 1.93. The van der Waals surface area contributed by atoms with Gasteiger partial charge in [0.05, 0.1) is 6.20 Å². The number of aromatic nitrogens is 3. The second-order valence-electron chi connectivity index (χ2n) is 5.13. The van der Waals surface area contributed by atoms with Crippen molar-refractivity contribution in [3.8, 4) is 5.75 Å². The summed E-state index contributed by atoms with van der Waals surface area (Å²) in [6, 6.07) is 9.20. The normalized spacial score (nSPS) is 12.2. The third kappa shape index (κ3) is 4.30. The first-order chi connectivity index (χ1) is 10.1. The van der Waals surface area contributed by atoms with Crippen LogP contribution in [0, 0.1) is 0 Å². The van der Waals surface area contributed by atoms with Crippen molar-refractivity contribution in [3.63, 3.8) is 0 Å². The minimum Gasteiger partial charge on any atom is -0.487 e. The molecule has 1 N–H and O–H groups in total. The number of rotatable bonds is 6. The zero-order valence-corrected chi connectivity index (χ0v) is 12.5. The van der Waals surface area contributed by atoms with Gasteiger partial charge in [-0.3, -0.25) is 4.79 Å². The third-order valence-corrected chi connectivity index (χ3v) is 2.89. The fourth-order valence-corrected chi connectivity index (χ4v) is 1.77. The average Bonchev–Trinajstić information content (AvgIpc) is 2.93. The lowest BCUT2D eigenvalue weighted by molar-refractivity contribution is -0.124. The summed E-state index contributed by atoms with van der Waals surface area (Å²) < 4.78 is 7.14. The van der Waals surface area contributed by atoms with Crippen molar-refractivity contribution in [1.29, 1.82) is 0 Å². The smallest absolute Gasteiger partial charge is 0.244 e. The van der Waals surface area contributed by atoms with E-state index in [0.717, 1.165) is 5.75 Å². The molecule has 0 unspecified atom stereocenters. The molecule has 6 heteroatoms. The largest absolute Gasteiger partial charge is 0.487 e. The van der Waals surface area contributed by atoms with Gasteiger partial charge in [0.1, 0.15) is 24.1 Å². The third-order valence-electron chi connectivity index (χ3n) is 2.89. The average molecular weight is 288 g/mol. The number of carbonyl (C=O) groups excluding carboxylic acids is 1. The van der Waals surface area contributed by atoms with Crippen molar-refractivity contribution in [2.24, 2.45) is 0 Å². The highest BCUT2D eigenvalue weighted by Crippen LogP contribution is 2.11. The van der Waals surface area contributed by atoms with Gasteiger partial charge in [-0.2, -0.15) is 0 Å². The van der Waals surface area contributed by atoms with E-state index < -0.39 is 6.04 Å². The van der Waals surface area contributed by atoms with Crippen molar-refractivity contribution in [2.75, 3.05) is 0 Å². The molecule has 0 bridgehead atoms. The molecule has 0 radical (unpaired) electrons. The summed E-state index contributed by atoms with van der Waals surface area (Å²) >= 11 is 0. The lowest BCUT2D eigenvalue weighted by Crippen LogP contribution is -2.35. The quantitative estimate of drug-likeness (QED) is 0.882. The van der Waals surface area contributed by atoms with E-state index in [1.807, 2.05) is 44.2 Å². The van der Waals surface area contributed by atoms with Gasteiger partial charge in [0.15, 0.2) is 0 Å². The van der Waals surface area contributed by atoms with Crippen LogP contribution >= 0.6 is 0 Å². The molecule has 0 spiro atoms. The van der Waals surface area contributed by atoms with Gasteiger partial charge in [-0.05, 0) is 32.9 Å². The van der Waals surface area contributed by atoms with Crippen molar-refractivity contribution < 1.29 is 9.53 Å². The highest BCUT2D eigenvalue weighted by atomic mass is 16.5. The predicted octanol–water partition coefficient (Wildman–Crippen LogP) is 1.94. The second kappa shape index (κ2) is 6.88. The Morgan fingerprint density at radius 2 is 2.00 bits per heavy atom. The molecule has 1 aromatic heterocycles. The number of hydrogen-bond donors (Lipinski definition) is 1. The molecule has 21 heavy (non-hydrogen) atoms. The molecule has 0 fully saturated rings. The molecule has 1 atom stereocenters. The van der Waals surface area contributed by atoms with E-state index in [1.54, 1.807) is 17.8 Å². The van der Waals surface area contributed by atoms with Crippen LogP contribution in [0.5, 0.6) is 5.75 Å². The Hall–Kier alpha value is -2.37. The molecule has 1 heterocycles. The minimum absolute atomic E-state index is 0.0783. The number of benzene rings is 1. The predicted molar refractivity (Wildman–Crippen MR) is 78.8 cm³/mol. The van der Waals surface area contributed by atoms with E-state index in [-0.39, 0.29) is 11.9 Å². The first kappa shape index (κ1) is 15.0. The maximum atomic E-state index is 11.9. The molecule has 112 valence electrons. The van der Waals surface area contributed by atoms with Crippen molar-refractivity contribution >= 4 is 5.91 Å². The molecule has 0 aliphatic heterocycles. The number of amides is 1. The zero-order chi connectivity index (χ0) is 15.2. The summed E-state index contributed by atoms with van der Waals surface area (Å²) in [5, 5.41) is 10.9. The van der Waals surface area contributed by atoms with E-state index in [4.69, 9.17) is 4.74 Å². The zero-order valence-electron chi connectivity index (χ0n) is 12.5. The summed E-state index contributed by atoms with van der Waals surface area (Å²) in [4.78, 5) is 11.9. The lowest BCUT2D eigenvalue weighted by atomic mass is 10.3. The van der Waals surface area contributed by atoms with Crippen LogP contribution in [0.1, 0.15) is 32.5 Å². The summed E-state index contributed by atoms with van der Waals surface area (Å²) in [5.74, 6) is 0.697. The van der Waals surface area contributed by atoms with E-state index in [2.05, 4.69) is 15.6 Å². The molecule has 0 saturated carbocycles. The lowest BCUT2D eigenvalue weighted by Gasteiger charge is -2.13. The summed E-state index contributed by atoms with van der Waals surface area (Å²) in [6.07, 6.45) is 1.73. The van der Waals surface area contributed by atoms with Crippen LogP contribution in [-0.2, 0) is 11.4 Å². The second-order valence-corrected chi connectivity index (χ2v) is 5.13. The van der Waals surface area contributed by atoms with Crippen LogP contribution in [0.25, 0.3) is 0 Å². The fraction of sp³-hybridized carbons (Fsp3) is 0.400. The number of nitrogens with one attached hydrogen (secondary N) is 1. The highest BCUT2D eigenvalue weighted by molar-refractivity contribution is 5.79. The van der Waals surface area contributed by atoms with E-state index in [0.29, 0.717) is 12.3 Å². The number of nitrogens with zero attached hydrogens (tertiary/aromatic N) is 3. The van der Waals surface area contributed by atoms with Gasteiger partial charge in [-0.1, -0.05) is 23.4 Å². The summed E-state index contributed by atoms with van der Waals surface area (Å²) in [5.41, 5.74) is 0.683. The van der Waals surface area contributed by atoms with Gasteiger partial charge >= 0.3 is 0 Å². The molecular formula is C15H20N4O2. The minimum atomic E-state index is -0.398. The van der Waals surface area contributed by atoms with E-state index in [9.17, 15) is 4.79 Å². The van der Waals surface area contributed by atoms with Crippen LogP contribution in [0.2, 0.25) is 0 Å².